The monoisotopic (exact) mass is 320 g/mol. The highest BCUT2D eigenvalue weighted by Gasteiger charge is 2.31. The van der Waals surface area contributed by atoms with Gasteiger partial charge < -0.3 is 15.7 Å². The second-order valence-corrected chi connectivity index (χ2v) is 6.46. The van der Waals surface area contributed by atoms with E-state index in [9.17, 15) is 5.11 Å². The molecule has 1 fully saturated rings. The summed E-state index contributed by atoms with van der Waals surface area (Å²) < 4.78 is 1.93. The predicted octanol–water partition coefficient (Wildman–Crippen LogP) is 0.262. The van der Waals surface area contributed by atoms with Crippen LogP contribution in [0.2, 0.25) is 0 Å². The summed E-state index contributed by atoms with van der Waals surface area (Å²) in [6, 6.07) is 5.79. The Morgan fingerprint density at radius 2 is 2.36 bits per heavy atom. The fourth-order valence-electron chi connectivity index (χ4n) is 2.38. The molecule has 0 saturated carbocycles. The summed E-state index contributed by atoms with van der Waals surface area (Å²) in [6.45, 7) is 1.01. The number of nitrogens with one attached hydrogen (secondary N) is 2. The van der Waals surface area contributed by atoms with Gasteiger partial charge in [0.05, 0.1) is 12.1 Å². The molecule has 2 aromatic rings. The van der Waals surface area contributed by atoms with Crippen LogP contribution in [0.15, 0.2) is 29.4 Å². The van der Waals surface area contributed by atoms with Crippen LogP contribution in [0.4, 0.5) is 0 Å². The van der Waals surface area contributed by atoms with Crippen molar-refractivity contribution in [3.63, 3.8) is 0 Å². The predicted molar refractivity (Wildman–Crippen MR) is 88.1 cm³/mol. The van der Waals surface area contributed by atoms with Crippen molar-refractivity contribution in [1.82, 2.24) is 25.2 Å². The van der Waals surface area contributed by atoms with E-state index in [1.165, 1.54) is 0 Å². The van der Waals surface area contributed by atoms with Gasteiger partial charge in [0, 0.05) is 25.5 Å². The average molecular weight is 320 g/mol. The van der Waals surface area contributed by atoms with Crippen LogP contribution in [0.3, 0.4) is 0 Å². The zero-order valence-corrected chi connectivity index (χ0v) is 13.3. The van der Waals surface area contributed by atoms with Gasteiger partial charge >= 0.3 is 0 Å². The van der Waals surface area contributed by atoms with E-state index in [0.717, 1.165) is 29.4 Å². The average Bonchev–Trinajstić information content (AvgIpc) is 3.15. The van der Waals surface area contributed by atoms with Gasteiger partial charge in [0.25, 0.3) is 0 Å². The molecule has 3 heterocycles. The number of fused-ring (bicyclic) bond motifs is 1. The molecule has 0 spiro atoms. The Labute approximate surface area is 133 Å². The molecule has 1 unspecified atom stereocenters. The lowest BCUT2D eigenvalue weighted by molar-refractivity contribution is 0.0724. The van der Waals surface area contributed by atoms with Crippen LogP contribution in [0.25, 0.3) is 5.65 Å². The minimum Gasteiger partial charge on any atom is -0.387 e. The molecule has 1 aliphatic rings. The summed E-state index contributed by atoms with van der Waals surface area (Å²) in [5, 5.41) is 25.0. The third kappa shape index (κ3) is 3.33. The molecule has 3 N–H and O–H groups in total. The summed E-state index contributed by atoms with van der Waals surface area (Å²) in [7, 11) is 1.71. The first-order valence-corrected chi connectivity index (χ1v) is 8.39. The number of hydrogen-bond donors (Lipinski definition) is 3. The number of aromatic nitrogens is 3. The van der Waals surface area contributed by atoms with Crippen molar-refractivity contribution in [2.24, 2.45) is 4.99 Å². The Morgan fingerprint density at radius 3 is 3.14 bits per heavy atom. The Morgan fingerprint density at radius 1 is 1.45 bits per heavy atom. The van der Waals surface area contributed by atoms with Crippen molar-refractivity contribution in [2.75, 3.05) is 25.1 Å². The SMILES string of the molecule is CN=C(NCc1nnc2ccccn12)NCC1(O)CCSC1. The van der Waals surface area contributed by atoms with E-state index in [1.54, 1.807) is 18.8 Å². The van der Waals surface area contributed by atoms with Gasteiger partial charge in [0.2, 0.25) is 0 Å². The van der Waals surface area contributed by atoms with Crippen molar-refractivity contribution in [3.8, 4) is 0 Å². The minimum absolute atomic E-state index is 0.500. The van der Waals surface area contributed by atoms with E-state index in [0.29, 0.717) is 19.0 Å². The second kappa shape index (κ2) is 6.53. The van der Waals surface area contributed by atoms with E-state index in [2.05, 4.69) is 25.8 Å². The van der Waals surface area contributed by atoms with Gasteiger partial charge in [0.15, 0.2) is 17.4 Å². The van der Waals surface area contributed by atoms with Crippen LogP contribution in [0.1, 0.15) is 12.2 Å². The Bertz CT molecular complexity index is 664. The molecular weight excluding hydrogens is 300 g/mol. The number of hydrogen-bond acceptors (Lipinski definition) is 5. The van der Waals surface area contributed by atoms with Crippen LogP contribution in [-0.4, -0.2) is 56.4 Å². The van der Waals surface area contributed by atoms with Gasteiger partial charge in [0.1, 0.15) is 0 Å². The summed E-state index contributed by atoms with van der Waals surface area (Å²) in [5.74, 6) is 3.24. The van der Waals surface area contributed by atoms with Crippen molar-refractivity contribution in [1.29, 1.82) is 0 Å². The maximum absolute atomic E-state index is 10.3. The van der Waals surface area contributed by atoms with Gasteiger partial charge in [-0.3, -0.25) is 9.39 Å². The first-order valence-electron chi connectivity index (χ1n) is 7.23. The molecule has 22 heavy (non-hydrogen) atoms. The molecule has 1 aliphatic heterocycles. The van der Waals surface area contributed by atoms with Gasteiger partial charge in [-0.25, -0.2) is 0 Å². The van der Waals surface area contributed by atoms with Gasteiger partial charge in [-0.1, -0.05) is 6.07 Å². The summed E-state index contributed by atoms with van der Waals surface area (Å²) in [4.78, 5) is 4.18. The first kappa shape index (κ1) is 15.1. The first-order chi connectivity index (χ1) is 10.7. The maximum atomic E-state index is 10.3. The van der Waals surface area contributed by atoms with Crippen LogP contribution in [0, 0.1) is 0 Å². The molecule has 0 amide bonds. The molecule has 0 bridgehead atoms. The van der Waals surface area contributed by atoms with Gasteiger partial charge in [-0.15, -0.1) is 10.2 Å². The van der Waals surface area contributed by atoms with E-state index in [-0.39, 0.29) is 0 Å². The molecule has 0 radical (unpaired) electrons. The number of aliphatic imine (C=N–C) groups is 1. The normalized spacial score (nSPS) is 22.2. The topological polar surface area (TPSA) is 86.8 Å². The standard InChI is InChI=1S/C14H20N6OS/c1-15-13(17-9-14(21)5-7-22-10-14)16-8-12-19-18-11-4-2-3-6-20(11)12/h2-4,6,21H,5,7-10H2,1H3,(H2,15,16,17). The van der Waals surface area contributed by atoms with Crippen LogP contribution >= 0.6 is 11.8 Å². The van der Waals surface area contributed by atoms with Crippen molar-refractivity contribution >= 4 is 23.4 Å². The van der Waals surface area contributed by atoms with E-state index in [4.69, 9.17) is 0 Å². The minimum atomic E-state index is -0.635. The highest BCUT2D eigenvalue weighted by Crippen LogP contribution is 2.26. The third-order valence-corrected chi connectivity index (χ3v) is 4.92. The Balaban J connectivity index is 1.57. The highest BCUT2D eigenvalue weighted by molar-refractivity contribution is 7.99. The highest BCUT2D eigenvalue weighted by atomic mass is 32.2. The summed E-state index contributed by atoms with van der Waals surface area (Å²) >= 11 is 1.78. The maximum Gasteiger partial charge on any atom is 0.191 e. The van der Waals surface area contributed by atoms with Crippen molar-refractivity contribution in [2.45, 2.75) is 18.6 Å². The zero-order valence-electron chi connectivity index (χ0n) is 12.5. The van der Waals surface area contributed by atoms with Crippen molar-refractivity contribution < 1.29 is 5.11 Å². The molecule has 2 aromatic heterocycles. The Hall–Kier alpha value is -1.80. The quantitative estimate of drug-likeness (QED) is 0.553. The summed E-state index contributed by atoms with van der Waals surface area (Å²) in [6.07, 6.45) is 2.75. The number of rotatable bonds is 4. The van der Waals surface area contributed by atoms with E-state index in [1.807, 2.05) is 28.8 Å². The molecule has 0 aliphatic carbocycles. The number of aliphatic hydroxyl groups is 1. The summed E-state index contributed by atoms with van der Waals surface area (Å²) in [5.41, 5.74) is 0.184. The number of pyridine rings is 1. The largest absolute Gasteiger partial charge is 0.387 e. The molecule has 1 atom stereocenters. The lowest BCUT2D eigenvalue weighted by atomic mass is 10.0. The molecule has 118 valence electrons. The van der Waals surface area contributed by atoms with Gasteiger partial charge in [-0.05, 0) is 24.3 Å². The lowest BCUT2D eigenvalue weighted by Crippen LogP contribution is -2.47. The third-order valence-electron chi connectivity index (χ3n) is 3.69. The van der Waals surface area contributed by atoms with Crippen molar-refractivity contribution in [3.05, 3.63) is 30.2 Å². The fraction of sp³-hybridized carbons (Fsp3) is 0.500. The molecule has 8 heteroatoms. The zero-order chi connectivity index (χ0) is 15.4. The van der Waals surface area contributed by atoms with E-state index < -0.39 is 5.60 Å². The molecule has 0 aromatic carbocycles. The van der Waals surface area contributed by atoms with Crippen LogP contribution in [0.5, 0.6) is 0 Å². The lowest BCUT2D eigenvalue weighted by Gasteiger charge is -2.23. The fourth-order valence-corrected chi connectivity index (χ4v) is 3.67. The molecule has 7 nitrogen and oxygen atoms in total. The smallest absolute Gasteiger partial charge is 0.191 e. The number of guanidine groups is 1. The van der Waals surface area contributed by atoms with Crippen LogP contribution < -0.4 is 10.6 Å². The van der Waals surface area contributed by atoms with E-state index >= 15 is 0 Å². The molecule has 1 saturated heterocycles. The number of nitrogens with zero attached hydrogens (tertiary/aromatic N) is 4. The van der Waals surface area contributed by atoms with Gasteiger partial charge in [-0.2, -0.15) is 11.8 Å². The number of thioether (sulfide) groups is 1. The Kier molecular flexibility index (Phi) is 4.49. The van der Waals surface area contributed by atoms with Crippen LogP contribution in [-0.2, 0) is 6.54 Å². The molecule has 3 rings (SSSR count). The second-order valence-electron chi connectivity index (χ2n) is 5.35. The molecular formula is C14H20N6OS.